The van der Waals surface area contributed by atoms with Crippen molar-refractivity contribution < 1.29 is 4.79 Å². The minimum absolute atomic E-state index is 0.161. The number of nitrogens with zero attached hydrogens (tertiary/aromatic N) is 2. The lowest BCUT2D eigenvalue weighted by Crippen LogP contribution is -2.11. The monoisotopic (exact) mass is 296 g/mol. The number of aromatic nitrogens is 3. The third kappa shape index (κ3) is 3.49. The first-order valence-electron chi connectivity index (χ1n) is 6.30. The molecule has 6 heteroatoms. The maximum absolute atomic E-state index is 12.0. The van der Waals surface area contributed by atoms with E-state index in [2.05, 4.69) is 20.5 Å². The molecule has 0 fully saturated rings. The molecule has 0 saturated carbocycles. The molecule has 1 amide bonds. The second kappa shape index (κ2) is 6.23. The zero-order valence-corrected chi connectivity index (χ0v) is 11.8. The van der Waals surface area contributed by atoms with Crippen LogP contribution < -0.4 is 5.32 Å². The third-order valence-electron chi connectivity index (χ3n) is 2.73. The molecular formula is C15H12N4OS. The summed E-state index contributed by atoms with van der Waals surface area (Å²) in [6, 6.07) is 13.2. The van der Waals surface area contributed by atoms with Crippen molar-refractivity contribution in [1.29, 1.82) is 0 Å². The molecule has 0 unspecified atom stereocenters. The Morgan fingerprint density at radius 2 is 2.00 bits per heavy atom. The molecule has 0 aliphatic carbocycles. The van der Waals surface area contributed by atoms with Gasteiger partial charge in [0.15, 0.2) is 0 Å². The normalized spacial score (nSPS) is 10.3. The van der Waals surface area contributed by atoms with Gasteiger partial charge in [-0.05, 0) is 36.4 Å². The van der Waals surface area contributed by atoms with E-state index in [1.807, 2.05) is 30.3 Å². The van der Waals surface area contributed by atoms with Crippen LogP contribution in [0.25, 0.3) is 0 Å². The summed E-state index contributed by atoms with van der Waals surface area (Å²) >= 11 is 1.56. The topological polar surface area (TPSA) is 70.7 Å². The molecule has 0 spiro atoms. The minimum Gasteiger partial charge on any atom is -0.319 e. The Balaban J connectivity index is 1.68. The van der Waals surface area contributed by atoms with Crippen molar-refractivity contribution in [3.05, 3.63) is 66.6 Å². The van der Waals surface area contributed by atoms with Gasteiger partial charge in [-0.1, -0.05) is 17.8 Å². The standard InChI is InChI=1S/C15H12N4OS/c20-15(19-12-9-17-18-10-12)11-4-6-13(7-5-11)21-14-3-1-2-8-16-14/h1-10H,(H,17,18)(H,19,20). The Hall–Kier alpha value is -2.60. The Morgan fingerprint density at radius 3 is 2.67 bits per heavy atom. The summed E-state index contributed by atoms with van der Waals surface area (Å²) in [6.45, 7) is 0. The number of amides is 1. The van der Waals surface area contributed by atoms with Crippen LogP contribution in [0.2, 0.25) is 0 Å². The number of pyridine rings is 1. The van der Waals surface area contributed by atoms with Crippen molar-refractivity contribution >= 4 is 23.4 Å². The van der Waals surface area contributed by atoms with Crippen LogP contribution in [0, 0.1) is 0 Å². The van der Waals surface area contributed by atoms with Crippen LogP contribution in [-0.2, 0) is 0 Å². The average Bonchev–Trinajstić information content (AvgIpc) is 3.02. The number of H-pyrrole nitrogens is 1. The highest BCUT2D eigenvalue weighted by Crippen LogP contribution is 2.25. The van der Waals surface area contributed by atoms with Gasteiger partial charge in [-0.3, -0.25) is 9.89 Å². The number of anilines is 1. The van der Waals surface area contributed by atoms with Crippen LogP contribution in [0.5, 0.6) is 0 Å². The molecule has 21 heavy (non-hydrogen) atoms. The fourth-order valence-electron chi connectivity index (χ4n) is 1.73. The highest BCUT2D eigenvalue weighted by atomic mass is 32.2. The molecular weight excluding hydrogens is 284 g/mol. The molecule has 3 rings (SSSR count). The molecule has 0 saturated heterocycles. The van der Waals surface area contributed by atoms with Gasteiger partial charge in [0.25, 0.3) is 5.91 Å². The number of benzene rings is 1. The zero-order valence-electron chi connectivity index (χ0n) is 11.0. The SMILES string of the molecule is O=C(Nc1cn[nH]c1)c1ccc(Sc2ccccn2)cc1. The van der Waals surface area contributed by atoms with Gasteiger partial charge in [-0.15, -0.1) is 0 Å². The Morgan fingerprint density at radius 1 is 1.14 bits per heavy atom. The number of hydrogen-bond acceptors (Lipinski definition) is 4. The second-order valence-electron chi connectivity index (χ2n) is 4.24. The molecule has 2 heterocycles. The van der Waals surface area contributed by atoms with E-state index in [4.69, 9.17) is 0 Å². The molecule has 0 radical (unpaired) electrons. The predicted octanol–water partition coefficient (Wildman–Crippen LogP) is 3.21. The molecule has 5 nitrogen and oxygen atoms in total. The van der Waals surface area contributed by atoms with Crippen molar-refractivity contribution in [2.45, 2.75) is 9.92 Å². The van der Waals surface area contributed by atoms with Gasteiger partial charge >= 0.3 is 0 Å². The van der Waals surface area contributed by atoms with Gasteiger partial charge < -0.3 is 5.32 Å². The van der Waals surface area contributed by atoms with Crippen LogP contribution in [0.1, 0.15) is 10.4 Å². The van der Waals surface area contributed by atoms with Crippen molar-refractivity contribution in [3.8, 4) is 0 Å². The van der Waals surface area contributed by atoms with Crippen LogP contribution in [0.3, 0.4) is 0 Å². The van der Waals surface area contributed by atoms with Gasteiger partial charge in [0.1, 0.15) is 5.03 Å². The molecule has 2 N–H and O–H groups in total. The van der Waals surface area contributed by atoms with E-state index in [9.17, 15) is 4.79 Å². The number of hydrogen-bond donors (Lipinski definition) is 2. The first kappa shape index (κ1) is 13.4. The van der Waals surface area contributed by atoms with E-state index in [-0.39, 0.29) is 5.91 Å². The first-order valence-corrected chi connectivity index (χ1v) is 7.12. The Labute approximate surface area is 125 Å². The van der Waals surface area contributed by atoms with E-state index in [1.54, 1.807) is 42.5 Å². The van der Waals surface area contributed by atoms with Crippen molar-refractivity contribution in [1.82, 2.24) is 15.2 Å². The average molecular weight is 296 g/mol. The van der Waals surface area contributed by atoms with Crippen molar-refractivity contribution in [2.24, 2.45) is 0 Å². The zero-order chi connectivity index (χ0) is 14.5. The number of rotatable bonds is 4. The first-order chi connectivity index (χ1) is 10.3. The number of aromatic amines is 1. The fraction of sp³-hybridized carbons (Fsp3) is 0. The van der Waals surface area contributed by atoms with Gasteiger partial charge in [0.2, 0.25) is 0 Å². The molecule has 2 aromatic heterocycles. The summed E-state index contributed by atoms with van der Waals surface area (Å²) < 4.78 is 0. The van der Waals surface area contributed by atoms with E-state index in [0.717, 1.165) is 9.92 Å². The predicted molar refractivity (Wildman–Crippen MR) is 81.3 cm³/mol. The number of nitrogens with one attached hydrogen (secondary N) is 2. The molecule has 0 aliphatic rings. The molecule has 104 valence electrons. The number of carbonyl (C=O) groups is 1. The fourth-order valence-corrected chi connectivity index (χ4v) is 2.50. The summed E-state index contributed by atoms with van der Waals surface area (Å²) in [5.74, 6) is -0.161. The van der Waals surface area contributed by atoms with Crippen LogP contribution in [0.4, 0.5) is 5.69 Å². The Bertz CT molecular complexity index is 711. The van der Waals surface area contributed by atoms with Gasteiger partial charge in [-0.2, -0.15) is 5.10 Å². The largest absolute Gasteiger partial charge is 0.319 e. The quantitative estimate of drug-likeness (QED) is 0.775. The summed E-state index contributed by atoms with van der Waals surface area (Å²) in [5.41, 5.74) is 1.24. The summed E-state index contributed by atoms with van der Waals surface area (Å²) in [7, 11) is 0. The lowest BCUT2D eigenvalue weighted by Gasteiger charge is -2.04. The summed E-state index contributed by atoms with van der Waals surface area (Å²) in [6.07, 6.45) is 4.95. The number of carbonyl (C=O) groups excluding carboxylic acids is 1. The molecule has 0 aliphatic heterocycles. The third-order valence-corrected chi connectivity index (χ3v) is 3.69. The Kier molecular flexibility index (Phi) is 3.97. The summed E-state index contributed by atoms with van der Waals surface area (Å²) in [4.78, 5) is 17.3. The molecule has 1 aromatic carbocycles. The van der Waals surface area contributed by atoms with E-state index in [1.165, 1.54) is 0 Å². The highest BCUT2D eigenvalue weighted by molar-refractivity contribution is 7.99. The van der Waals surface area contributed by atoms with Crippen molar-refractivity contribution in [2.75, 3.05) is 5.32 Å². The van der Waals surface area contributed by atoms with Crippen LogP contribution in [-0.4, -0.2) is 21.1 Å². The van der Waals surface area contributed by atoms with Gasteiger partial charge in [0.05, 0.1) is 11.9 Å². The molecule has 3 aromatic rings. The van der Waals surface area contributed by atoms with Gasteiger partial charge in [-0.25, -0.2) is 4.98 Å². The summed E-state index contributed by atoms with van der Waals surface area (Å²) in [5, 5.41) is 10.1. The van der Waals surface area contributed by atoms with E-state index in [0.29, 0.717) is 11.3 Å². The molecule has 0 bridgehead atoms. The van der Waals surface area contributed by atoms with Crippen molar-refractivity contribution in [3.63, 3.8) is 0 Å². The maximum Gasteiger partial charge on any atom is 0.255 e. The lowest BCUT2D eigenvalue weighted by atomic mass is 10.2. The maximum atomic E-state index is 12.0. The smallest absolute Gasteiger partial charge is 0.255 e. The minimum atomic E-state index is -0.161. The van der Waals surface area contributed by atoms with Crippen LogP contribution in [0.15, 0.2) is 71.0 Å². The molecule has 0 atom stereocenters. The van der Waals surface area contributed by atoms with E-state index >= 15 is 0 Å². The lowest BCUT2D eigenvalue weighted by molar-refractivity contribution is 0.102. The van der Waals surface area contributed by atoms with Crippen LogP contribution >= 0.6 is 11.8 Å². The second-order valence-corrected chi connectivity index (χ2v) is 5.33. The van der Waals surface area contributed by atoms with Gasteiger partial charge in [0, 0.05) is 22.9 Å². The van der Waals surface area contributed by atoms with E-state index < -0.39 is 0 Å². The highest BCUT2D eigenvalue weighted by Gasteiger charge is 2.07.